The van der Waals surface area contributed by atoms with E-state index in [9.17, 15) is 14.4 Å². The summed E-state index contributed by atoms with van der Waals surface area (Å²) in [5, 5.41) is 4.36. The Balaban J connectivity index is 3.16. The lowest BCUT2D eigenvalue weighted by Gasteiger charge is -2.37. The molecule has 0 aromatic heterocycles. The van der Waals surface area contributed by atoms with Crippen molar-refractivity contribution in [2.75, 3.05) is 0 Å². The van der Waals surface area contributed by atoms with Gasteiger partial charge in [0, 0.05) is 0 Å². The van der Waals surface area contributed by atoms with Crippen LogP contribution in [0.1, 0.15) is 33.6 Å². The summed E-state index contributed by atoms with van der Waals surface area (Å²) in [6.07, 6.45) is 4.73. The fraction of sp³-hybridized carbons (Fsp3) is 0.583. The van der Waals surface area contributed by atoms with Crippen LogP contribution >= 0.6 is 0 Å². The number of imide groups is 2. The van der Waals surface area contributed by atoms with Gasteiger partial charge in [0.1, 0.15) is 5.41 Å². The highest BCUT2D eigenvalue weighted by Crippen LogP contribution is 2.36. The molecule has 0 aliphatic carbocycles. The van der Waals surface area contributed by atoms with E-state index in [1.54, 1.807) is 6.08 Å². The number of urea groups is 1. The van der Waals surface area contributed by atoms with Crippen molar-refractivity contribution in [3.63, 3.8) is 0 Å². The maximum atomic E-state index is 12.0. The summed E-state index contributed by atoms with van der Waals surface area (Å²) in [6, 6.07) is -0.737. The molecule has 1 saturated heterocycles. The summed E-state index contributed by atoms with van der Waals surface area (Å²) < 4.78 is 0. The van der Waals surface area contributed by atoms with E-state index >= 15 is 0 Å². The van der Waals surface area contributed by atoms with Crippen molar-refractivity contribution in [1.82, 2.24) is 10.6 Å². The third kappa shape index (κ3) is 2.23. The van der Waals surface area contributed by atoms with E-state index in [-0.39, 0.29) is 5.92 Å². The Bertz CT molecular complexity index is 354. The molecular formula is C12H18N2O3. The zero-order valence-corrected chi connectivity index (χ0v) is 10.4. The van der Waals surface area contributed by atoms with Crippen molar-refractivity contribution in [2.24, 2.45) is 11.3 Å². The Morgan fingerprint density at radius 2 is 1.76 bits per heavy atom. The average Bonchev–Trinajstić information content (AvgIpc) is 2.23. The number of hydrogen-bond acceptors (Lipinski definition) is 3. The number of barbiturate groups is 1. The van der Waals surface area contributed by atoms with Crippen LogP contribution in [0.2, 0.25) is 0 Å². The first-order valence-electron chi connectivity index (χ1n) is 5.78. The van der Waals surface area contributed by atoms with Crippen LogP contribution < -0.4 is 10.6 Å². The Hall–Kier alpha value is -1.65. The molecule has 1 aliphatic heterocycles. The van der Waals surface area contributed by atoms with Gasteiger partial charge in [-0.2, -0.15) is 0 Å². The van der Waals surface area contributed by atoms with E-state index in [0.29, 0.717) is 12.8 Å². The SMILES string of the molecule is CC=CC(C)C1(CCC)C(=O)NC(=O)NC1=O. The monoisotopic (exact) mass is 238 g/mol. The van der Waals surface area contributed by atoms with Crippen molar-refractivity contribution < 1.29 is 14.4 Å². The largest absolute Gasteiger partial charge is 0.328 e. The molecule has 94 valence electrons. The van der Waals surface area contributed by atoms with Gasteiger partial charge in [-0.1, -0.05) is 32.4 Å². The van der Waals surface area contributed by atoms with Crippen molar-refractivity contribution in [1.29, 1.82) is 0 Å². The molecule has 0 radical (unpaired) electrons. The lowest BCUT2D eigenvalue weighted by molar-refractivity contribution is -0.147. The van der Waals surface area contributed by atoms with Crippen LogP contribution in [0.25, 0.3) is 0 Å². The Morgan fingerprint density at radius 3 is 2.18 bits per heavy atom. The van der Waals surface area contributed by atoms with E-state index in [4.69, 9.17) is 0 Å². The topological polar surface area (TPSA) is 75.3 Å². The fourth-order valence-corrected chi connectivity index (χ4v) is 2.28. The number of rotatable bonds is 4. The van der Waals surface area contributed by atoms with Gasteiger partial charge in [0.15, 0.2) is 0 Å². The number of nitrogens with one attached hydrogen (secondary N) is 2. The first-order valence-corrected chi connectivity index (χ1v) is 5.78. The number of amides is 4. The molecule has 1 heterocycles. The first kappa shape index (κ1) is 13.4. The Kier molecular flexibility index (Phi) is 4.04. The number of carbonyl (C=O) groups excluding carboxylic acids is 3. The van der Waals surface area contributed by atoms with Gasteiger partial charge in [-0.3, -0.25) is 20.2 Å². The molecule has 1 rings (SSSR count). The van der Waals surface area contributed by atoms with Gasteiger partial charge < -0.3 is 0 Å². The summed E-state index contributed by atoms with van der Waals surface area (Å²) in [5.41, 5.74) is -1.17. The first-order chi connectivity index (χ1) is 7.98. The minimum Gasteiger partial charge on any atom is -0.277 e. The maximum Gasteiger partial charge on any atom is 0.328 e. The van der Waals surface area contributed by atoms with Crippen molar-refractivity contribution in [3.8, 4) is 0 Å². The third-order valence-electron chi connectivity index (χ3n) is 3.17. The molecule has 5 heteroatoms. The lowest BCUT2D eigenvalue weighted by Crippen LogP contribution is -2.64. The molecule has 1 atom stereocenters. The van der Waals surface area contributed by atoms with Crippen LogP contribution in [-0.4, -0.2) is 17.8 Å². The van der Waals surface area contributed by atoms with Gasteiger partial charge in [-0.05, 0) is 19.3 Å². The van der Waals surface area contributed by atoms with Gasteiger partial charge >= 0.3 is 6.03 Å². The molecule has 4 amide bonds. The van der Waals surface area contributed by atoms with Crippen LogP contribution in [0.4, 0.5) is 4.79 Å². The van der Waals surface area contributed by atoms with E-state index in [1.807, 2.05) is 26.8 Å². The lowest BCUT2D eigenvalue weighted by atomic mass is 9.70. The van der Waals surface area contributed by atoms with Crippen LogP contribution in [-0.2, 0) is 9.59 Å². The van der Waals surface area contributed by atoms with Crippen LogP contribution in [0.5, 0.6) is 0 Å². The number of carbonyl (C=O) groups is 3. The van der Waals surface area contributed by atoms with Crippen molar-refractivity contribution in [2.45, 2.75) is 33.6 Å². The highest BCUT2D eigenvalue weighted by atomic mass is 16.2. The van der Waals surface area contributed by atoms with Crippen LogP contribution in [0.3, 0.4) is 0 Å². The van der Waals surface area contributed by atoms with Crippen LogP contribution in [0.15, 0.2) is 12.2 Å². The predicted molar refractivity (Wildman–Crippen MR) is 63.0 cm³/mol. The van der Waals surface area contributed by atoms with Crippen LogP contribution in [0, 0.1) is 11.3 Å². The van der Waals surface area contributed by atoms with E-state index < -0.39 is 23.3 Å². The Labute approximate surface area is 101 Å². The zero-order valence-electron chi connectivity index (χ0n) is 10.4. The summed E-state index contributed by atoms with van der Waals surface area (Å²) in [5.74, 6) is -1.25. The van der Waals surface area contributed by atoms with Gasteiger partial charge in [0.05, 0.1) is 0 Å². The van der Waals surface area contributed by atoms with Crippen molar-refractivity contribution >= 4 is 17.8 Å². The van der Waals surface area contributed by atoms with E-state index in [2.05, 4.69) is 10.6 Å². The summed E-state index contributed by atoms with van der Waals surface area (Å²) in [6.45, 7) is 5.55. The molecule has 0 aromatic rings. The molecule has 5 nitrogen and oxygen atoms in total. The molecule has 2 N–H and O–H groups in total. The third-order valence-corrected chi connectivity index (χ3v) is 3.17. The normalized spacial score (nSPS) is 21.2. The smallest absolute Gasteiger partial charge is 0.277 e. The van der Waals surface area contributed by atoms with Gasteiger partial charge in [-0.15, -0.1) is 0 Å². The molecule has 1 fully saturated rings. The number of allylic oxidation sites excluding steroid dienone is 2. The van der Waals surface area contributed by atoms with E-state index in [1.165, 1.54) is 0 Å². The molecule has 1 aliphatic rings. The molecule has 0 saturated carbocycles. The second kappa shape index (κ2) is 5.12. The molecular weight excluding hydrogens is 220 g/mol. The van der Waals surface area contributed by atoms with Gasteiger partial charge in [0.2, 0.25) is 11.8 Å². The standard InChI is InChI=1S/C12H18N2O3/c1-4-6-8(3)12(7-5-2)9(15)13-11(17)14-10(12)16/h4,6,8H,5,7H2,1-3H3,(H2,13,14,15,16,17). The molecule has 1 unspecified atom stereocenters. The number of hydrogen-bond donors (Lipinski definition) is 2. The highest BCUT2D eigenvalue weighted by molar-refractivity contribution is 6.19. The average molecular weight is 238 g/mol. The summed E-state index contributed by atoms with van der Waals surface area (Å²) in [7, 11) is 0. The predicted octanol–water partition coefficient (Wildman–Crippen LogP) is 1.35. The van der Waals surface area contributed by atoms with E-state index in [0.717, 1.165) is 0 Å². The molecule has 17 heavy (non-hydrogen) atoms. The highest BCUT2D eigenvalue weighted by Gasteiger charge is 2.52. The maximum absolute atomic E-state index is 12.0. The fourth-order valence-electron chi connectivity index (χ4n) is 2.28. The second-order valence-electron chi connectivity index (χ2n) is 4.27. The van der Waals surface area contributed by atoms with Gasteiger partial charge in [0.25, 0.3) is 0 Å². The summed E-state index contributed by atoms with van der Waals surface area (Å²) in [4.78, 5) is 35.1. The van der Waals surface area contributed by atoms with Crippen molar-refractivity contribution in [3.05, 3.63) is 12.2 Å². The second-order valence-corrected chi connectivity index (χ2v) is 4.27. The molecule has 0 aromatic carbocycles. The quantitative estimate of drug-likeness (QED) is 0.573. The zero-order chi connectivity index (χ0) is 13.1. The minimum absolute atomic E-state index is 0.249. The van der Waals surface area contributed by atoms with Gasteiger partial charge in [-0.25, -0.2) is 4.79 Å². The Morgan fingerprint density at radius 1 is 1.24 bits per heavy atom. The summed E-state index contributed by atoms with van der Waals surface area (Å²) >= 11 is 0. The molecule has 0 spiro atoms. The minimum atomic E-state index is -1.17. The molecule has 0 bridgehead atoms.